The molecule has 3 aromatic carbocycles. The van der Waals surface area contributed by atoms with Crippen LogP contribution in [0.5, 0.6) is 5.75 Å². The molecule has 7 heteroatoms. The third kappa shape index (κ3) is 5.09. The number of ether oxygens (including phenoxy) is 1. The summed E-state index contributed by atoms with van der Waals surface area (Å²) in [5.74, 6) is -0.299. The number of anilines is 1. The molecule has 1 aromatic heterocycles. The van der Waals surface area contributed by atoms with Gasteiger partial charge in [-0.05, 0) is 72.1 Å². The maximum Gasteiger partial charge on any atom is 0.227 e. The first-order chi connectivity index (χ1) is 16.5. The molecule has 0 radical (unpaired) electrons. The molecule has 2 amide bonds. The number of nitrogens with zero attached hydrogens (tertiary/aromatic N) is 1. The van der Waals surface area contributed by atoms with Crippen LogP contribution in [0.15, 0.2) is 72.8 Å². The average molecular weight is 460 g/mol. The smallest absolute Gasteiger partial charge is 0.227 e. The van der Waals surface area contributed by atoms with Crippen LogP contribution in [-0.4, -0.2) is 30.5 Å². The predicted octanol–water partition coefficient (Wildman–Crippen LogP) is 4.82. The van der Waals surface area contributed by atoms with Crippen molar-refractivity contribution in [3.63, 3.8) is 0 Å². The summed E-state index contributed by atoms with van der Waals surface area (Å²) in [7, 11) is 1.63. The number of fused-ring (bicyclic) bond motifs is 1. The molecule has 0 unspecified atom stereocenters. The van der Waals surface area contributed by atoms with Crippen molar-refractivity contribution in [3.05, 3.63) is 84.2 Å². The van der Waals surface area contributed by atoms with Gasteiger partial charge < -0.3 is 20.4 Å². The second kappa shape index (κ2) is 10.2. The lowest BCUT2D eigenvalue weighted by atomic mass is 10.0. The van der Waals surface area contributed by atoms with Gasteiger partial charge in [-0.25, -0.2) is 4.39 Å². The number of nitrogens with one attached hydrogen (secondary N) is 1. The molecule has 0 aliphatic carbocycles. The Labute approximate surface area is 197 Å². The SMILES string of the molecule is COc1ccc(-c2[nH]c3ccccc3c2CCC(=O)N(CCC(N)=O)c2ccc(F)cc2)cc1. The lowest BCUT2D eigenvalue weighted by molar-refractivity contribution is -0.119. The van der Waals surface area contributed by atoms with Crippen molar-refractivity contribution in [2.24, 2.45) is 5.73 Å². The molecule has 0 aliphatic rings. The number of aromatic amines is 1. The first kappa shape index (κ1) is 23.0. The molecule has 0 saturated carbocycles. The van der Waals surface area contributed by atoms with E-state index >= 15 is 0 Å². The normalized spacial score (nSPS) is 10.9. The number of hydrogen-bond acceptors (Lipinski definition) is 3. The number of carbonyl (C=O) groups excluding carboxylic acids is 2. The zero-order valence-corrected chi connectivity index (χ0v) is 18.9. The molecule has 34 heavy (non-hydrogen) atoms. The van der Waals surface area contributed by atoms with E-state index in [4.69, 9.17) is 10.5 Å². The molecular weight excluding hydrogens is 433 g/mol. The number of carbonyl (C=O) groups is 2. The number of rotatable bonds is 9. The Bertz CT molecular complexity index is 1300. The number of amides is 2. The van der Waals surface area contributed by atoms with Crippen molar-refractivity contribution in [2.45, 2.75) is 19.3 Å². The molecule has 4 rings (SSSR count). The molecule has 0 saturated heterocycles. The minimum atomic E-state index is -0.502. The van der Waals surface area contributed by atoms with Crippen LogP contribution in [0.25, 0.3) is 22.2 Å². The monoisotopic (exact) mass is 459 g/mol. The van der Waals surface area contributed by atoms with Crippen LogP contribution in [0.1, 0.15) is 18.4 Å². The van der Waals surface area contributed by atoms with Gasteiger partial charge in [0.25, 0.3) is 0 Å². The molecule has 0 atom stereocenters. The van der Waals surface area contributed by atoms with Crippen molar-refractivity contribution in [2.75, 3.05) is 18.6 Å². The first-order valence-corrected chi connectivity index (χ1v) is 11.0. The number of benzene rings is 3. The van der Waals surface area contributed by atoms with Gasteiger partial charge in [-0.2, -0.15) is 0 Å². The fourth-order valence-corrected chi connectivity index (χ4v) is 4.07. The van der Waals surface area contributed by atoms with Gasteiger partial charge >= 0.3 is 0 Å². The zero-order chi connectivity index (χ0) is 24.1. The highest BCUT2D eigenvalue weighted by Crippen LogP contribution is 2.32. The van der Waals surface area contributed by atoms with E-state index in [1.54, 1.807) is 7.11 Å². The third-order valence-electron chi connectivity index (χ3n) is 5.80. The van der Waals surface area contributed by atoms with Crippen LogP contribution in [0.2, 0.25) is 0 Å². The fourth-order valence-electron chi connectivity index (χ4n) is 4.07. The Morgan fingerprint density at radius 2 is 1.68 bits per heavy atom. The Hall–Kier alpha value is -4.13. The lowest BCUT2D eigenvalue weighted by Gasteiger charge is -2.22. The molecule has 0 fully saturated rings. The molecule has 4 aromatic rings. The molecule has 3 N–H and O–H groups in total. The van der Waals surface area contributed by atoms with E-state index in [1.165, 1.54) is 29.2 Å². The first-order valence-electron chi connectivity index (χ1n) is 11.0. The van der Waals surface area contributed by atoms with Crippen molar-refractivity contribution < 1.29 is 18.7 Å². The maximum absolute atomic E-state index is 13.4. The van der Waals surface area contributed by atoms with Gasteiger partial charge in [0.2, 0.25) is 11.8 Å². The van der Waals surface area contributed by atoms with Gasteiger partial charge in [-0.3, -0.25) is 9.59 Å². The number of H-pyrrole nitrogens is 1. The van der Waals surface area contributed by atoms with Crippen LogP contribution < -0.4 is 15.4 Å². The highest BCUT2D eigenvalue weighted by atomic mass is 19.1. The average Bonchev–Trinajstić information content (AvgIpc) is 3.22. The van der Waals surface area contributed by atoms with Crippen LogP contribution in [0.4, 0.5) is 10.1 Å². The summed E-state index contributed by atoms with van der Waals surface area (Å²) in [4.78, 5) is 29.6. The zero-order valence-electron chi connectivity index (χ0n) is 18.9. The number of para-hydroxylation sites is 1. The highest BCUT2D eigenvalue weighted by Gasteiger charge is 2.19. The number of halogens is 1. The topological polar surface area (TPSA) is 88.4 Å². The molecule has 1 heterocycles. The summed E-state index contributed by atoms with van der Waals surface area (Å²) < 4.78 is 18.7. The number of hydrogen-bond donors (Lipinski definition) is 2. The van der Waals surface area contributed by atoms with Gasteiger partial charge in [0, 0.05) is 41.7 Å². The van der Waals surface area contributed by atoms with E-state index in [0.29, 0.717) is 12.1 Å². The fraction of sp³-hybridized carbons (Fsp3) is 0.185. The third-order valence-corrected chi connectivity index (χ3v) is 5.80. The summed E-state index contributed by atoms with van der Waals surface area (Å²) in [5, 5.41) is 1.05. The molecular formula is C27H26FN3O3. The standard InChI is InChI=1S/C27H26FN3O3/c1-34-21-12-6-18(7-13-21)27-23(22-4-2-3-5-24(22)30-27)14-15-26(33)31(17-16-25(29)32)20-10-8-19(28)9-11-20/h2-13,30H,14-17H2,1H3,(H2,29,32). The summed E-state index contributed by atoms with van der Waals surface area (Å²) in [6.07, 6.45) is 0.715. The Kier molecular flexibility index (Phi) is 6.92. The summed E-state index contributed by atoms with van der Waals surface area (Å²) in [6.45, 7) is 0.138. The van der Waals surface area contributed by atoms with Crippen LogP contribution in [0.3, 0.4) is 0 Å². The van der Waals surface area contributed by atoms with Crippen molar-refractivity contribution in [1.82, 2.24) is 4.98 Å². The van der Waals surface area contributed by atoms with Gasteiger partial charge in [0.05, 0.1) is 7.11 Å². The second-order valence-corrected chi connectivity index (χ2v) is 7.99. The van der Waals surface area contributed by atoms with Gasteiger partial charge in [0.15, 0.2) is 0 Å². The molecule has 0 bridgehead atoms. The largest absolute Gasteiger partial charge is 0.497 e. The summed E-state index contributed by atoms with van der Waals surface area (Å²) >= 11 is 0. The van der Waals surface area contributed by atoms with E-state index in [9.17, 15) is 14.0 Å². The van der Waals surface area contributed by atoms with Crippen molar-refractivity contribution >= 4 is 28.4 Å². The minimum Gasteiger partial charge on any atom is -0.497 e. The Balaban J connectivity index is 1.62. The highest BCUT2D eigenvalue weighted by molar-refractivity contribution is 5.96. The van der Waals surface area contributed by atoms with Crippen molar-refractivity contribution in [3.8, 4) is 17.0 Å². The van der Waals surface area contributed by atoms with Gasteiger partial charge in [-0.15, -0.1) is 0 Å². The summed E-state index contributed by atoms with van der Waals surface area (Å²) in [6, 6.07) is 21.4. The molecule has 6 nitrogen and oxygen atoms in total. The minimum absolute atomic E-state index is 0.0211. The maximum atomic E-state index is 13.4. The van der Waals surface area contributed by atoms with E-state index in [2.05, 4.69) is 4.98 Å². The number of aromatic nitrogens is 1. The quantitative estimate of drug-likeness (QED) is 0.376. The molecule has 0 aliphatic heterocycles. The number of primary amides is 1. The molecule has 174 valence electrons. The van der Waals surface area contributed by atoms with Gasteiger partial charge in [-0.1, -0.05) is 18.2 Å². The van der Waals surface area contributed by atoms with E-state index in [1.807, 2.05) is 48.5 Å². The van der Waals surface area contributed by atoms with Crippen LogP contribution in [-0.2, 0) is 16.0 Å². The van der Waals surface area contributed by atoms with E-state index < -0.39 is 11.7 Å². The van der Waals surface area contributed by atoms with E-state index in [-0.39, 0.29) is 25.3 Å². The Morgan fingerprint density at radius 3 is 2.35 bits per heavy atom. The number of nitrogens with two attached hydrogens (primary N) is 1. The summed E-state index contributed by atoms with van der Waals surface area (Å²) in [5.41, 5.74) is 9.79. The van der Waals surface area contributed by atoms with Gasteiger partial charge in [0.1, 0.15) is 11.6 Å². The Morgan fingerprint density at radius 1 is 0.971 bits per heavy atom. The predicted molar refractivity (Wildman–Crippen MR) is 131 cm³/mol. The second-order valence-electron chi connectivity index (χ2n) is 7.99. The molecule has 0 spiro atoms. The van der Waals surface area contributed by atoms with Crippen LogP contribution >= 0.6 is 0 Å². The van der Waals surface area contributed by atoms with E-state index in [0.717, 1.165) is 33.5 Å². The number of aryl methyl sites for hydroxylation is 1. The van der Waals surface area contributed by atoms with Crippen molar-refractivity contribution in [1.29, 1.82) is 0 Å². The number of methoxy groups -OCH3 is 1. The van der Waals surface area contributed by atoms with Crippen LogP contribution in [0, 0.1) is 5.82 Å². The lowest BCUT2D eigenvalue weighted by Crippen LogP contribution is -2.34.